The van der Waals surface area contributed by atoms with E-state index < -0.39 is 9.05 Å². The molecule has 0 aromatic rings. The summed E-state index contributed by atoms with van der Waals surface area (Å²) in [7, 11) is -4.33. The van der Waals surface area contributed by atoms with Crippen LogP contribution in [0.4, 0.5) is 0 Å². The van der Waals surface area contributed by atoms with Crippen LogP contribution in [0, 0.1) is 0 Å². The first-order chi connectivity index (χ1) is 3.00. The van der Waals surface area contributed by atoms with Crippen molar-refractivity contribution in [2.75, 3.05) is 0 Å². The van der Waals surface area contributed by atoms with Crippen molar-refractivity contribution in [2.24, 2.45) is 0 Å². The minimum Gasteiger partial charge on any atom is -0.780 e. The zero-order valence-electron chi connectivity index (χ0n) is 4.86. The Kier molecular flexibility index (Phi) is 32.3. The molecule has 0 bridgehead atoms. The van der Waals surface area contributed by atoms with E-state index in [-0.39, 0.29) is 59.1 Å². The molecule has 0 N–H and O–H groups in total. The van der Waals surface area contributed by atoms with Gasteiger partial charge >= 0.3 is 59.1 Å². The molecule has 0 aromatic carbocycles. The standard InChI is InChI=1S/2Na.H2O3S2.OS/c;;1-5(2,3)4;1-2/h;;(H2,1,2,3,4);/q2*+1;;/p-2. The molecule has 0 saturated carbocycles. The summed E-state index contributed by atoms with van der Waals surface area (Å²) in [5.41, 5.74) is 0. The van der Waals surface area contributed by atoms with E-state index in [2.05, 4.69) is 23.7 Å². The van der Waals surface area contributed by atoms with E-state index in [0.29, 0.717) is 0 Å². The monoisotopic (exact) mass is 206 g/mol. The SMILES string of the molecule is O=S.O=S([O-])([O-])=S.[Na+].[Na+]. The van der Waals surface area contributed by atoms with Crippen LogP contribution in [0.3, 0.4) is 0 Å². The molecular formula is Na2O4S3. The van der Waals surface area contributed by atoms with Gasteiger partial charge in [0.2, 0.25) is 0 Å². The Morgan fingerprint density at radius 3 is 1.11 bits per heavy atom. The normalized spacial score (nSPS) is 6.89. The van der Waals surface area contributed by atoms with Crippen LogP contribution in [0.15, 0.2) is 0 Å². The van der Waals surface area contributed by atoms with Crippen LogP contribution < -0.4 is 59.1 Å². The molecule has 0 heterocycles. The van der Waals surface area contributed by atoms with Gasteiger partial charge in [0.25, 0.3) is 0 Å². The van der Waals surface area contributed by atoms with Crippen LogP contribution in [0.5, 0.6) is 0 Å². The zero-order chi connectivity index (χ0) is 6.50. The molecule has 0 rings (SSSR count). The second-order valence-electron chi connectivity index (χ2n) is 0.408. The largest absolute Gasteiger partial charge is 1.00 e. The van der Waals surface area contributed by atoms with Crippen LogP contribution in [-0.2, 0) is 32.8 Å². The van der Waals surface area contributed by atoms with Crippen molar-refractivity contribution < 1.29 is 76.6 Å². The van der Waals surface area contributed by atoms with Gasteiger partial charge in [0.05, 0.1) is 0 Å². The fraction of sp³-hybridized carbons (Fsp3) is 0. The van der Waals surface area contributed by atoms with E-state index >= 15 is 0 Å². The molecule has 9 heavy (non-hydrogen) atoms. The minimum atomic E-state index is -4.33. The van der Waals surface area contributed by atoms with Gasteiger partial charge in [-0.05, 0) is 11.2 Å². The van der Waals surface area contributed by atoms with Crippen molar-refractivity contribution in [1.29, 1.82) is 0 Å². The molecule has 44 valence electrons. The molecule has 0 atom stereocenters. The first-order valence-electron chi connectivity index (χ1n) is 0.833. The Bertz CT molecular complexity index is 108. The molecule has 0 aromatic heterocycles. The van der Waals surface area contributed by atoms with E-state index in [1.54, 1.807) is 0 Å². The van der Waals surface area contributed by atoms with Gasteiger partial charge in [-0.15, -0.1) is 9.05 Å². The van der Waals surface area contributed by atoms with Crippen LogP contribution in [0.2, 0.25) is 0 Å². The van der Waals surface area contributed by atoms with Gasteiger partial charge < -0.3 is 9.11 Å². The number of hydrogen-bond donors (Lipinski definition) is 0. The van der Waals surface area contributed by atoms with Crippen molar-refractivity contribution in [3.63, 3.8) is 0 Å². The van der Waals surface area contributed by atoms with Gasteiger partial charge in [0.15, 0.2) is 12.5 Å². The minimum absolute atomic E-state index is 0. The topological polar surface area (TPSA) is 80.3 Å². The first-order valence-corrected chi connectivity index (χ1v) is 3.50. The van der Waals surface area contributed by atoms with Gasteiger partial charge in [-0.1, -0.05) is 0 Å². The predicted octanol–water partition coefficient (Wildman–Crippen LogP) is -7.33. The summed E-state index contributed by atoms with van der Waals surface area (Å²) in [6.07, 6.45) is 0. The molecule has 0 aliphatic carbocycles. The summed E-state index contributed by atoms with van der Waals surface area (Å²) in [4.78, 5) is 0. The summed E-state index contributed by atoms with van der Waals surface area (Å²) in [6.45, 7) is 0. The summed E-state index contributed by atoms with van der Waals surface area (Å²) >= 11 is 6.08. The zero-order valence-corrected chi connectivity index (χ0v) is 11.3. The smallest absolute Gasteiger partial charge is 0.780 e. The van der Waals surface area contributed by atoms with Gasteiger partial charge in [-0.25, -0.2) is 0 Å². The van der Waals surface area contributed by atoms with Crippen molar-refractivity contribution in [3.05, 3.63) is 0 Å². The Hall–Kier alpha value is 2.31. The summed E-state index contributed by atoms with van der Waals surface area (Å²) in [6, 6.07) is 0. The summed E-state index contributed by atoms with van der Waals surface area (Å²) < 4.78 is 34.5. The van der Waals surface area contributed by atoms with Crippen molar-refractivity contribution in [1.82, 2.24) is 0 Å². The van der Waals surface area contributed by atoms with E-state index in [9.17, 15) is 0 Å². The summed E-state index contributed by atoms with van der Waals surface area (Å²) in [5, 5.41) is 0. The van der Waals surface area contributed by atoms with E-state index in [1.165, 1.54) is 0 Å². The Morgan fingerprint density at radius 1 is 1.11 bits per heavy atom. The maximum atomic E-state index is 8.89. The van der Waals surface area contributed by atoms with Gasteiger partial charge in [-0.3, -0.25) is 4.21 Å². The maximum Gasteiger partial charge on any atom is 1.00 e. The van der Waals surface area contributed by atoms with Crippen LogP contribution in [-0.4, -0.2) is 17.5 Å². The molecule has 0 aliphatic heterocycles. The third-order valence-electron chi connectivity index (χ3n) is 0. The van der Waals surface area contributed by atoms with Gasteiger partial charge in [-0.2, -0.15) is 4.21 Å². The Labute approximate surface area is 108 Å². The second-order valence-corrected chi connectivity index (χ2v) is 2.45. The van der Waals surface area contributed by atoms with Crippen molar-refractivity contribution in [3.8, 4) is 0 Å². The van der Waals surface area contributed by atoms with Crippen LogP contribution in [0.25, 0.3) is 0 Å². The molecule has 0 fully saturated rings. The molecule has 0 radical (unpaired) electrons. The molecule has 9 heteroatoms. The quantitative estimate of drug-likeness (QED) is 0.366. The molecule has 4 nitrogen and oxygen atoms in total. The average molecular weight is 206 g/mol. The second kappa shape index (κ2) is 12.9. The number of hydrogen-bond acceptors (Lipinski definition) is 6. The molecule has 0 unspecified atom stereocenters. The van der Waals surface area contributed by atoms with Gasteiger partial charge in [0, 0.05) is 0 Å². The molecule has 0 spiro atoms. The average Bonchev–Trinajstić information content (AvgIpc) is 1.36. The number of rotatable bonds is 0. The van der Waals surface area contributed by atoms with E-state index in [1.807, 2.05) is 0 Å². The molecule has 0 amide bonds. The fourth-order valence-corrected chi connectivity index (χ4v) is 0. The molecule has 0 aliphatic rings. The fourth-order valence-electron chi connectivity index (χ4n) is 0. The Balaban J connectivity index is -0.0000000286. The molecular weight excluding hydrogens is 206 g/mol. The van der Waals surface area contributed by atoms with E-state index in [0.717, 1.165) is 0 Å². The van der Waals surface area contributed by atoms with Gasteiger partial charge in [0.1, 0.15) is 0 Å². The Morgan fingerprint density at radius 2 is 1.11 bits per heavy atom. The third kappa shape index (κ3) is 133. The first kappa shape index (κ1) is 22.5. The summed E-state index contributed by atoms with van der Waals surface area (Å²) in [5.74, 6) is 0. The predicted molar refractivity (Wildman–Crippen MR) is 25.2 cm³/mol. The van der Waals surface area contributed by atoms with Crippen LogP contribution in [0.1, 0.15) is 0 Å². The molecule has 0 saturated heterocycles. The van der Waals surface area contributed by atoms with E-state index in [4.69, 9.17) is 17.5 Å². The third-order valence-corrected chi connectivity index (χ3v) is 0. The van der Waals surface area contributed by atoms with Crippen LogP contribution >= 0.6 is 0 Å². The van der Waals surface area contributed by atoms with Crippen molar-refractivity contribution >= 4 is 32.8 Å². The maximum absolute atomic E-state index is 8.89. The van der Waals surface area contributed by atoms with Crippen molar-refractivity contribution in [2.45, 2.75) is 0 Å².